The van der Waals surface area contributed by atoms with Gasteiger partial charge in [0, 0.05) is 43.9 Å². The predicted octanol–water partition coefficient (Wildman–Crippen LogP) is 13.4. The number of rotatable bonds is 3. The van der Waals surface area contributed by atoms with Gasteiger partial charge in [-0.2, -0.15) is 0 Å². The monoisotopic (exact) mass is 687 g/mol. The first kappa shape index (κ1) is 29.3. The van der Waals surface area contributed by atoms with E-state index in [-0.39, 0.29) is 0 Å². The molecule has 0 radical (unpaired) electrons. The fourth-order valence-electron chi connectivity index (χ4n) is 8.98. The summed E-state index contributed by atoms with van der Waals surface area (Å²) in [5.41, 5.74) is 9.20. The number of benzene rings is 8. The van der Waals surface area contributed by atoms with E-state index < -0.39 is 0 Å². The fraction of sp³-hybridized carbons (Fsp3) is 0. The molecule has 4 nitrogen and oxygen atoms in total. The van der Waals surface area contributed by atoms with Gasteiger partial charge in [-0.05, 0) is 74.1 Å². The highest BCUT2D eigenvalue weighted by Crippen LogP contribution is 2.50. The van der Waals surface area contributed by atoms with Crippen molar-refractivity contribution in [2.45, 2.75) is 0 Å². The van der Waals surface area contributed by atoms with Gasteiger partial charge in [-0.25, -0.2) is 4.98 Å². The summed E-state index contributed by atoms with van der Waals surface area (Å²) in [4.78, 5) is 9.95. The van der Waals surface area contributed by atoms with Gasteiger partial charge in [0.2, 0.25) is 0 Å². The Morgan fingerprint density at radius 2 is 1.07 bits per heavy atom. The summed E-state index contributed by atoms with van der Waals surface area (Å²) in [5, 5.41) is 13.0. The Labute approximate surface area is 309 Å². The number of fused-ring (bicyclic) bond motifs is 16. The molecule has 4 aromatic heterocycles. The molecule has 0 saturated carbocycles. The first-order valence-electron chi connectivity index (χ1n) is 18.3. The second-order valence-electron chi connectivity index (χ2n) is 14.1. The van der Waals surface area contributed by atoms with Crippen LogP contribution in [0, 0.1) is 0 Å². The van der Waals surface area contributed by atoms with Gasteiger partial charge in [0.25, 0.3) is 0 Å². The van der Waals surface area contributed by atoms with Gasteiger partial charge in [-0.15, -0.1) is 0 Å². The molecule has 0 fully saturated rings. The van der Waals surface area contributed by atoms with E-state index in [9.17, 15) is 0 Å². The summed E-state index contributed by atoms with van der Waals surface area (Å²) in [5.74, 6) is 0.813. The SMILES string of the molecule is c1ccc(-c2cccc(-c3cc(-n4c5ccccc5c5c6c7ccccc7c7ccccc7c6c6c7ccccc7oc6c54)nc4cnccc34)c2)cc1. The van der Waals surface area contributed by atoms with Crippen LogP contribution in [-0.2, 0) is 0 Å². The van der Waals surface area contributed by atoms with Crippen LogP contribution in [0.15, 0.2) is 181 Å². The van der Waals surface area contributed by atoms with Gasteiger partial charge in [-0.3, -0.25) is 9.55 Å². The highest BCUT2D eigenvalue weighted by Gasteiger charge is 2.26. The maximum absolute atomic E-state index is 7.03. The van der Waals surface area contributed by atoms with E-state index in [1.807, 2.05) is 12.4 Å². The zero-order valence-electron chi connectivity index (χ0n) is 29.0. The summed E-state index contributed by atoms with van der Waals surface area (Å²) >= 11 is 0. The second kappa shape index (κ2) is 11.1. The average Bonchev–Trinajstić information content (AvgIpc) is 3.80. The normalized spacial score (nSPS) is 12.1. The van der Waals surface area contributed by atoms with Crippen LogP contribution in [0.1, 0.15) is 0 Å². The minimum atomic E-state index is 0.813. The van der Waals surface area contributed by atoms with E-state index in [0.717, 1.165) is 71.6 Å². The van der Waals surface area contributed by atoms with Crippen molar-refractivity contribution in [3.63, 3.8) is 0 Å². The summed E-state index contributed by atoms with van der Waals surface area (Å²) in [6.45, 7) is 0. The van der Waals surface area contributed by atoms with E-state index in [2.05, 4.69) is 173 Å². The molecule has 0 unspecified atom stereocenters. The first-order valence-corrected chi connectivity index (χ1v) is 18.3. The third-order valence-corrected chi connectivity index (χ3v) is 11.2. The number of para-hydroxylation sites is 2. The van der Waals surface area contributed by atoms with E-state index in [4.69, 9.17) is 9.40 Å². The maximum atomic E-state index is 7.03. The van der Waals surface area contributed by atoms with Crippen LogP contribution < -0.4 is 0 Å². The van der Waals surface area contributed by atoms with Crippen molar-refractivity contribution >= 4 is 87.0 Å². The molecule has 0 aliphatic rings. The van der Waals surface area contributed by atoms with Crippen molar-refractivity contribution < 1.29 is 4.42 Å². The summed E-state index contributed by atoms with van der Waals surface area (Å²) in [6, 6.07) is 58.5. The highest BCUT2D eigenvalue weighted by atomic mass is 16.3. The fourth-order valence-corrected chi connectivity index (χ4v) is 8.98. The Balaban J connectivity index is 1.30. The molecular weight excluding hydrogens is 659 g/mol. The van der Waals surface area contributed by atoms with Crippen LogP contribution in [0.2, 0.25) is 0 Å². The molecule has 0 saturated heterocycles. The van der Waals surface area contributed by atoms with E-state index >= 15 is 0 Å². The largest absolute Gasteiger partial charge is 0.454 e. The van der Waals surface area contributed by atoms with Crippen LogP contribution in [0.25, 0.3) is 115 Å². The molecule has 0 amide bonds. The number of furan rings is 1. The highest BCUT2D eigenvalue weighted by molar-refractivity contribution is 6.44. The third kappa shape index (κ3) is 4.02. The quantitative estimate of drug-likeness (QED) is 0.174. The van der Waals surface area contributed by atoms with E-state index in [1.54, 1.807) is 0 Å². The van der Waals surface area contributed by atoms with Crippen LogP contribution in [-0.4, -0.2) is 14.5 Å². The van der Waals surface area contributed by atoms with Gasteiger partial charge in [-0.1, -0.05) is 133 Å². The van der Waals surface area contributed by atoms with Gasteiger partial charge in [0.05, 0.1) is 22.7 Å². The molecule has 0 aliphatic heterocycles. The minimum absolute atomic E-state index is 0.813. The zero-order chi connectivity index (χ0) is 35.3. The maximum Gasteiger partial charge on any atom is 0.160 e. The number of pyridine rings is 2. The van der Waals surface area contributed by atoms with Crippen molar-refractivity contribution in [2.24, 2.45) is 0 Å². The van der Waals surface area contributed by atoms with Crippen LogP contribution in [0.4, 0.5) is 0 Å². The smallest absolute Gasteiger partial charge is 0.160 e. The molecule has 4 heteroatoms. The lowest BCUT2D eigenvalue weighted by molar-refractivity contribution is 0.671. The molecular formula is C50H29N3O. The standard InChI is InChI=1S/C50H29N3O/c1-2-13-30(14-3-1)31-15-12-16-32(27-31)40-28-44(52-41-29-51-26-25-35(40)41)53-42-23-10-8-21-38(42)47-45-36-19-6-4-17-33(36)34-18-5-7-20-37(34)46(45)48-39-22-9-11-24-43(39)54-50(48)49(47)53/h1-29H. The number of hydrogen-bond donors (Lipinski definition) is 0. The Kier molecular flexibility index (Phi) is 6.02. The molecule has 0 bridgehead atoms. The van der Waals surface area contributed by atoms with Gasteiger partial charge < -0.3 is 4.42 Å². The molecule has 0 atom stereocenters. The van der Waals surface area contributed by atoms with Crippen molar-refractivity contribution in [3.05, 3.63) is 176 Å². The van der Waals surface area contributed by atoms with E-state index in [1.165, 1.54) is 43.4 Å². The minimum Gasteiger partial charge on any atom is -0.454 e. The lowest BCUT2D eigenvalue weighted by atomic mass is 9.89. The summed E-state index contributed by atoms with van der Waals surface area (Å²) < 4.78 is 9.36. The lowest BCUT2D eigenvalue weighted by Gasteiger charge is -2.15. The Morgan fingerprint density at radius 1 is 0.444 bits per heavy atom. The first-order chi connectivity index (χ1) is 26.8. The second-order valence-corrected chi connectivity index (χ2v) is 14.1. The summed E-state index contributed by atoms with van der Waals surface area (Å²) in [6.07, 6.45) is 3.73. The molecule has 250 valence electrons. The molecule has 0 N–H and O–H groups in total. The van der Waals surface area contributed by atoms with Crippen molar-refractivity contribution in [1.82, 2.24) is 14.5 Å². The van der Waals surface area contributed by atoms with Crippen molar-refractivity contribution in [2.75, 3.05) is 0 Å². The average molecular weight is 688 g/mol. The number of nitrogens with zero attached hydrogens (tertiary/aromatic N) is 3. The Morgan fingerprint density at radius 3 is 1.87 bits per heavy atom. The van der Waals surface area contributed by atoms with Crippen molar-refractivity contribution in [3.8, 4) is 28.1 Å². The molecule has 54 heavy (non-hydrogen) atoms. The Bertz CT molecular complexity index is 3500. The molecule has 12 aromatic rings. The molecule has 4 heterocycles. The van der Waals surface area contributed by atoms with Crippen LogP contribution >= 0.6 is 0 Å². The zero-order valence-corrected chi connectivity index (χ0v) is 29.0. The lowest BCUT2D eigenvalue weighted by Crippen LogP contribution is -2.00. The molecule has 0 spiro atoms. The van der Waals surface area contributed by atoms with Gasteiger partial charge in [0.15, 0.2) is 5.58 Å². The number of hydrogen-bond acceptors (Lipinski definition) is 3. The van der Waals surface area contributed by atoms with Gasteiger partial charge in [0.1, 0.15) is 11.4 Å². The third-order valence-electron chi connectivity index (χ3n) is 11.2. The predicted molar refractivity (Wildman–Crippen MR) is 225 cm³/mol. The molecule has 12 rings (SSSR count). The summed E-state index contributed by atoms with van der Waals surface area (Å²) in [7, 11) is 0. The molecule has 0 aliphatic carbocycles. The van der Waals surface area contributed by atoms with Crippen LogP contribution in [0.3, 0.4) is 0 Å². The van der Waals surface area contributed by atoms with Crippen molar-refractivity contribution in [1.29, 1.82) is 0 Å². The Hall–Kier alpha value is -7.30. The van der Waals surface area contributed by atoms with Crippen LogP contribution in [0.5, 0.6) is 0 Å². The molecule has 8 aromatic carbocycles. The number of aromatic nitrogens is 3. The van der Waals surface area contributed by atoms with E-state index in [0.29, 0.717) is 0 Å². The van der Waals surface area contributed by atoms with Gasteiger partial charge >= 0.3 is 0 Å². The topological polar surface area (TPSA) is 43.9 Å².